The summed E-state index contributed by atoms with van der Waals surface area (Å²) in [7, 11) is 0. The highest BCUT2D eigenvalue weighted by Crippen LogP contribution is 2.27. The maximum Gasteiger partial charge on any atom is 0.433 e. The highest BCUT2D eigenvalue weighted by molar-refractivity contribution is 5.33. The summed E-state index contributed by atoms with van der Waals surface area (Å²) >= 11 is 0. The average Bonchev–Trinajstić information content (AvgIpc) is 2.64. The minimum absolute atomic E-state index is 0.175. The third-order valence-corrected chi connectivity index (χ3v) is 1.74. The molecule has 16 heavy (non-hydrogen) atoms. The van der Waals surface area contributed by atoms with Crippen molar-refractivity contribution >= 4 is 5.69 Å². The van der Waals surface area contributed by atoms with Gasteiger partial charge in [0.25, 0.3) is 5.95 Å². The van der Waals surface area contributed by atoms with Crippen molar-refractivity contribution < 1.29 is 13.2 Å². The number of aromatic nitrogens is 4. The Kier molecular flexibility index (Phi) is 2.26. The second kappa shape index (κ2) is 3.47. The van der Waals surface area contributed by atoms with Gasteiger partial charge >= 0.3 is 6.18 Å². The first-order valence-electron chi connectivity index (χ1n) is 4.17. The number of rotatable bonds is 1. The van der Waals surface area contributed by atoms with Gasteiger partial charge in [0.15, 0.2) is 0 Å². The lowest BCUT2D eigenvalue weighted by molar-refractivity contribution is -0.141. The van der Waals surface area contributed by atoms with Crippen LogP contribution in [0.5, 0.6) is 0 Å². The molecule has 0 aliphatic rings. The molecule has 0 radical (unpaired) electrons. The van der Waals surface area contributed by atoms with E-state index in [0.717, 1.165) is 16.9 Å². The molecule has 0 atom stereocenters. The number of halogens is 3. The van der Waals surface area contributed by atoms with Crippen LogP contribution < -0.4 is 5.73 Å². The van der Waals surface area contributed by atoms with Crippen LogP contribution in [0.3, 0.4) is 0 Å². The smallest absolute Gasteiger partial charge is 0.396 e. The number of nitrogens with two attached hydrogens (primary N) is 1. The van der Waals surface area contributed by atoms with E-state index in [9.17, 15) is 13.2 Å². The van der Waals surface area contributed by atoms with E-state index in [2.05, 4.69) is 15.1 Å². The van der Waals surface area contributed by atoms with E-state index in [1.165, 1.54) is 12.4 Å². The molecule has 0 bridgehead atoms. The first-order valence-corrected chi connectivity index (χ1v) is 4.17. The standard InChI is InChI=1S/C8H6F3N5/c9-8(10,11)6-1-2-13-7(15-6)16-4-5(12)3-14-16/h1-4H,12H2. The number of nitrogen functional groups attached to an aromatic ring is 1. The second-order valence-electron chi connectivity index (χ2n) is 2.96. The van der Waals surface area contributed by atoms with E-state index in [-0.39, 0.29) is 5.95 Å². The van der Waals surface area contributed by atoms with Gasteiger partial charge in [-0.2, -0.15) is 18.3 Å². The van der Waals surface area contributed by atoms with Gasteiger partial charge in [0, 0.05) is 6.20 Å². The molecule has 0 aromatic carbocycles. The molecule has 0 spiro atoms. The molecule has 0 unspecified atom stereocenters. The normalized spacial score (nSPS) is 11.7. The highest BCUT2D eigenvalue weighted by atomic mass is 19.4. The highest BCUT2D eigenvalue weighted by Gasteiger charge is 2.32. The van der Waals surface area contributed by atoms with Gasteiger partial charge in [0.05, 0.1) is 18.1 Å². The molecule has 2 heterocycles. The van der Waals surface area contributed by atoms with Crippen molar-refractivity contribution in [3.63, 3.8) is 0 Å². The number of nitrogens with zero attached hydrogens (tertiary/aromatic N) is 4. The zero-order valence-electron chi connectivity index (χ0n) is 7.81. The Bertz CT molecular complexity index is 504. The largest absolute Gasteiger partial charge is 0.433 e. The molecular formula is C8H6F3N5. The van der Waals surface area contributed by atoms with E-state index >= 15 is 0 Å². The lowest BCUT2D eigenvalue weighted by Crippen LogP contribution is -2.11. The van der Waals surface area contributed by atoms with Gasteiger partial charge in [-0.3, -0.25) is 0 Å². The van der Waals surface area contributed by atoms with Crippen LogP contribution in [0.25, 0.3) is 5.95 Å². The molecule has 0 saturated carbocycles. The van der Waals surface area contributed by atoms with Crippen LogP contribution in [0, 0.1) is 0 Å². The van der Waals surface area contributed by atoms with Crippen molar-refractivity contribution in [2.75, 3.05) is 5.73 Å². The van der Waals surface area contributed by atoms with Crippen LogP contribution in [0.4, 0.5) is 18.9 Å². The van der Waals surface area contributed by atoms with E-state index in [1.807, 2.05) is 0 Å². The Balaban J connectivity index is 2.44. The van der Waals surface area contributed by atoms with Gasteiger partial charge in [-0.25, -0.2) is 14.6 Å². The van der Waals surface area contributed by atoms with Crippen molar-refractivity contribution in [2.24, 2.45) is 0 Å². The van der Waals surface area contributed by atoms with E-state index in [0.29, 0.717) is 5.69 Å². The van der Waals surface area contributed by atoms with Gasteiger partial charge in [-0.1, -0.05) is 0 Å². The van der Waals surface area contributed by atoms with Crippen molar-refractivity contribution in [3.05, 3.63) is 30.4 Å². The molecule has 8 heteroatoms. The zero-order chi connectivity index (χ0) is 11.8. The van der Waals surface area contributed by atoms with Crippen molar-refractivity contribution in [1.82, 2.24) is 19.7 Å². The predicted octanol–water partition coefficient (Wildman–Crippen LogP) is 1.26. The van der Waals surface area contributed by atoms with Crippen molar-refractivity contribution in [3.8, 4) is 5.95 Å². The van der Waals surface area contributed by atoms with Crippen molar-refractivity contribution in [1.29, 1.82) is 0 Å². The summed E-state index contributed by atoms with van der Waals surface area (Å²) in [6.45, 7) is 0. The molecule has 2 aromatic rings. The van der Waals surface area contributed by atoms with Gasteiger partial charge < -0.3 is 5.73 Å². The Hall–Kier alpha value is -2.12. The van der Waals surface area contributed by atoms with Crippen LogP contribution >= 0.6 is 0 Å². The quantitative estimate of drug-likeness (QED) is 0.799. The molecule has 5 nitrogen and oxygen atoms in total. The second-order valence-corrected chi connectivity index (χ2v) is 2.96. The maximum absolute atomic E-state index is 12.3. The van der Waals surface area contributed by atoms with Gasteiger partial charge in [-0.05, 0) is 6.07 Å². The van der Waals surface area contributed by atoms with Gasteiger partial charge in [-0.15, -0.1) is 0 Å². The third kappa shape index (κ3) is 1.95. The molecule has 2 N–H and O–H groups in total. The minimum Gasteiger partial charge on any atom is -0.396 e. The van der Waals surface area contributed by atoms with E-state index in [1.54, 1.807) is 0 Å². The molecule has 0 saturated heterocycles. The fourth-order valence-electron chi connectivity index (χ4n) is 1.06. The summed E-state index contributed by atoms with van der Waals surface area (Å²) < 4.78 is 38.1. The fourth-order valence-corrected chi connectivity index (χ4v) is 1.06. The lowest BCUT2D eigenvalue weighted by Gasteiger charge is -2.06. The fraction of sp³-hybridized carbons (Fsp3) is 0.125. The summed E-state index contributed by atoms with van der Waals surface area (Å²) in [5.41, 5.74) is 4.68. The molecular weight excluding hydrogens is 223 g/mol. The van der Waals surface area contributed by atoms with Crippen LogP contribution in [0.2, 0.25) is 0 Å². The first kappa shape index (κ1) is 10.4. The van der Waals surface area contributed by atoms with E-state index in [4.69, 9.17) is 5.73 Å². The molecule has 0 amide bonds. The average molecular weight is 229 g/mol. The van der Waals surface area contributed by atoms with Gasteiger partial charge in [0.1, 0.15) is 5.69 Å². The van der Waals surface area contributed by atoms with Crippen LogP contribution in [0.15, 0.2) is 24.7 Å². The number of alkyl halides is 3. The van der Waals surface area contributed by atoms with E-state index < -0.39 is 11.9 Å². The van der Waals surface area contributed by atoms with Crippen LogP contribution in [-0.2, 0) is 6.18 Å². The number of anilines is 1. The Morgan fingerprint density at radius 2 is 2.06 bits per heavy atom. The minimum atomic E-state index is -4.50. The maximum atomic E-state index is 12.3. The van der Waals surface area contributed by atoms with Gasteiger partial charge in [0.2, 0.25) is 0 Å². The summed E-state index contributed by atoms with van der Waals surface area (Å²) in [6, 6.07) is 0.788. The lowest BCUT2D eigenvalue weighted by atomic mass is 10.4. The summed E-state index contributed by atoms with van der Waals surface area (Å²) in [5, 5.41) is 3.71. The molecule has 84 valence electrons. The zero-order valence-corrected chi connectivity index (χ0v) is 7.81. The summed E-state index contributed by atoms with van der Waals surface area (Å²) in [6.07, 6.45) is -0.863. The first-order chi connectivity index (χ1) is 7.47. The van der Waals surface area contributed by atoms with Crippen LogP contribution in [0.1, 0.15) is 5.69 Å². The molecule has 2 rings (SSSR count). The summed E-state index contributed by atoms with van der Waals surface area (Å²) in [4.78, 5) is 7.01. The number of hydrogen-bond acceptors (Lipinski definition) is 4. The summed E-state index contributed by atoms with van der Waals surface area (Å²) in [5.74, 6) is -0.175. The SMILES string of the molecule is Nc1cnn(-c2nccc(C(F)(F)F)n2)c1. The predicted molar refractivity (Wildman–Crippen MR) is 48.6 cm³/mol. The topological polar surface area (TPSA) is 69.6 Å². The Labute approximate surface area is 87.7 Å². The third-order valence-electron chi connectivity index (χ3n) is 1.74. The monoisotopic (exact) mass is 229 g/mol. The molecule has 0 aliphatic heterocycles. The molecule has 2 aromatic heterocycles. The molecule has 0 fully saturated rings. The van der Waals surface area contributed by atoms with Crippen LogP contribution in [-0.4, -0.2) is 19.7 Å². The molecule has 0 aliphatic carbocycles. The van der Waals surface area contributed by atoms with Crippen molar-refractivity contribution in [2.45, 2.75) is 6.18 Å². The number of hydrogen-bond donors (Lipinski definition) is 1. The Morgan fingerprint density at radius 3 is 2.62 bits per heavy atom. The Morgan fingerprint density at radius 1 is 1.31 bits per heavy atom.